The summed E-state index contributed by atoms with van der Waals surface area (Å²) in [7, 11) is 0. The van der Waals surface area contributed by atoms with E-state index in [0.29, 0.717) is 0 Å². The Hall–Kier alpha value is -0.0400. The third kappa shape index (κ3) is 3.76. The molecule has 0 aromatic carbocycles. The van der Waals surface area contributed by atoms with Gasteiger partial charge >= 0.3 is 0 Å². The molecule has 0 aliphatic carbocycles. The highest BCUT2D eigenvalue weighted by Gasteiger charge is 2.08. The third-order valence-corrected chi connectivity index (χ3v) is 2.53. The Labute approximate surface area is 70.8 Å². The number of rotatable bonds is 4. The first-order chi connectivity index (χ1) is 5.43. The van der Waals surface area contributed by atoms with Gasteiger partial charge in [-0.1, -0.05) is 26.2 Å². The molecule has 1 heterocycles. The van der Waals surface area contributed by atoms with Gasteiger partial charge in [-0.25, -0.2) is 0 Å². The van der Waals surface area contributed by atoms with E-state index in [-0.39, 0.29) is 0 Å². The second kappa shape index (κ2) is 5.59. The molecule has 0 aromatic heterocycles. The summed E-state index contributed by atoms with van der Waals surface area (Å²) in [4.78, 5) is 2.62. The zero-order valence-electron chi connectivity index (χ0n) is 7.81. The van der Waals surface area contributed by atoms with Crippen LogP contribution in [-0.4, -0.2) is 24.5 Å². The highest BCUT2D eigenvalue weighted by atomic mass is 15.1. The van der Waals surface area contributed by atoms with Gasteiger partial charge in [-0.3, -0.25) is 0 Å². The van der Waals surface area contributed by atoms with Gasteiger partial charge in [0.25, 0.3) is 0 Å². The maximum Gasteiger partial charge on any atom is -0.00187 e. The lowest BCUT2D eigenvalue weighted by Crippen LogP contribution is -2.30. The van der Waals surface area contributed by atoms with Crippen LogP contribution in [0.4, 0.5) is 0 Å². The topological polar surface area (TPSA) is 3.24 Å². The maximum atomic E-state index is 2.62. The first-order valence-electron chi connectivity index (χ1n) is 5.16. The summed E-state index contributed by atoms with van der Waals surface area (Å²) in [6.45, 7) is 6.36. The molecule has 0 radical (unpaired) electrons. The fraction of sp³-hybridized carbons (Fsp3) is 1.00. The fourth-order valence-electron chi connectivity index (χ4n) is 1.77. The lowest BCUT2D eigenvalue weighted by molar-refractivity contribution is 0.224. The molecule has 0 N–H and O–H groups in total. The van der Waals surface area contributed by atoms with Gasteiger partial charge in [0.15, 0.2) is 0 Å². The van der Waals surface area contributed by atoms with Gasteiger partial charge < -0.3 is 4.90 Å². The molecule has 0 amide bonds. The van der Waals surface area contributed by atoms with Gasteiger partial charge in [0.05, 0.1) is 0 Å². The molecule has 1 nitrogen and oxygen atoms in total. The van der Waals surface area contributed by atoms with Crippen LogP contribution in [0.5, 0.6) is 0 Å². The van der Waals surface area contributed by atoms with Crippen LogP contribution in [0, 0.1) is 0 Å². The first-order valence-corrected chi connectivity index (χ1v) is 5.16. The standard InChI is InChI=1S/C10H21N/c1-2-3-5-8-11-9-6-4-7-10-11/h2-10H2,1H3. The van der Waals surface area contributed by atoms with Crippen molar-refractivity contribution in [3.05, 3.63) is 0 Å². The van der Waals surface area contributed by atoms with Crippen molar-refractivity contribution in [3.63, 3.8) is 0 Å². The summed E-state index contributed by atoms with van der Waals surface area (Å²) in [5.74, 6) is 0. The Morgan fingerprint density at radius 2 is 1.73 bits per heavy atom. The Kier molecular flexibility index (Phi) is 4.60. The Morgan fingerprint density at radius 1 is 1.00 bits per heavy atom. The quantitative estimate of drug-likeness (QED) is 0.564. The molecule has 1 aliphatic heterocycles. The lowest BCUT2D eigenvalue weighted by Gasteiger charge is -2.26. The predicted octanol–water partition coefficient (Wildman–Crippen LogP) is 2.66. The normalized spacial score (nSPS) is 20.5. The van der Waals surface area contributed by atoms with Gasteiger partial charge in [-0.05, 0) is 38.9 Å². The highest BCUT2D eigenvalue weighted by molar-refractivity contribution is 4.63. The van der Waals surface area contributed by atoms with Crippen LogP contribution in [-0.2, 0) is 0 Å². The Morgan fingerprint density at radius 3 is 2.36 bits per heavy atom. The van der Waals surface area contributed by atoms with E-state index < -0.39 is 0 Å². The summed E-state index contributed by atoms with van der Waals surface area (Å²) in [5.41, 5.74) is 0. The predicted molar refractivity (Wildman–Crippen MR) is 49.8 cm³/mol. The summed E-state index contributed by atoms with van der Waals surface area (Å²) in [6.07, 6.45) is 8.52. The van der Waals surface area contributed by atoms with Crippen molar-refractivity contribution >= 4 is 0 Å². The highest BCUT2D eigenvalue weighted by Crippen LogP contribution is 2.09. The van der Waals surface area contributed by atoms with Crippen molar-refractivity contribution in [2.45, 2.75) is 45.4 Å². The van der Waals surface area contributed by atoms with E-state index in [1.165, 1.54) is 58.2 Å². The number of unbranched alkanes of at least 4 members (excludes halogenated alkanes) is 2. The minimum absolute atomic E-state index is 1.36. The minimum atomic E-state index is 1.36. The summed E-state index contributed by atoms with van der Waals surface area (Å²) in [5, 5.41) is 0. The molecule has 0 spiro atoms. The molecular formula is C10H21N. The van der Waals surface area contributed by atoms with Crippen LogP contribution in [0.3, 0.4) is 0 Å². The lowest BCUT2D eigenvalue weighted by atomic mass is 10.1. The fourth-order valence-corrected chi connectivity index (χ4v) is 1.77. The first kappa shape index (κ1) is 9.05. The molecule has 1 fully saturated rings. The maximum absolute atomic E-state index is 2.62. The van der Waals surface area contributed by atoms with Crippen molar-refractivity contribution < 1.29 is 0 Å². The molecule has 66 valence electrons. The van der Waals surface area contributed by atoms with Crippen molar-refractivity contribution in [2.24, 2.45) is 0 Å². The van der Waals surface area contributed by atoms with E-state index in [4.69, 9.17) is 0 Å². The second-order valence-electron chi connectivity index (χ2n) is 3.61. The second-order valence-corrected chi connectivity index (χ2v) is 3.61. The van der Waals surface area contributed by atoms with Gasteiger partial charge in [-0.15, -0.1) is 0 Å². The van der Waals surface area contributed by atoms with E-state index in [0.717, 1.165) is 0 Å². The molecule has 11 heavy (non-hydrogen) atoms. The minimum Gasteiger partial charge on any atom is -0.303 e. The van der Waals surface area contributed by atoms with E-state index in [1.54, 1.807) is 0 Å². The summed E-state index contributed by atoms with van der Waals surface area (Å²) >= 11 is 0. The molecule has 0 atom stereocenters. The van der Waals surface area contributed by atoms with Gasteiger partial charge in [0.2, 0.25) is 0 Å². The Balaban J connectivity index is 1.96. The van der Waals surface area contributed by atoms with Crippen LogP contribution >= 0.6 is 0 Å². The zero-order valence-corrected chi connectivity index (χ0v) is 7.81. The number of piperidine rings is 1. The largest absolute Gasteiger partial charge is 0.303 e. The molecular weight excluding hydrogens is 134 g/mol. The molecule has 0 unspecified atom stereocenters. The number of hydrogen-bond donors (Lipinski definition) is 0. The monoisotopic (exact) mass is 155 g/mol. The van der Waals surface area contributed by atoms with Crippen LogP contribution in [0.15, 0.2) is 0 Å². The molecule has 0 bridgehead atoms. The van der Waals surface area contributed by atoms with Gasteiger partial charge in [0.1, 0.15) is 0 Å². The Bertz CT molecular complexity index is 84.9. The van der Waals surface area contributed by atoms with E-state index in [1.807, 2.05) is 0 Å². The van der Waals surface area contributed by atoms with E-state index in [2.05, 4.69) is 11.8 Å². The molecule has 1 saturated heterocycles. The zero-order chi connectivity index (χ0) is 7.94. The van der Waals surface area contributed by atoms with E-state index >= 15 is 0 Å². The third-order valence-electron chi connectivity index (χ3n) is 2.53. The molecule has 1 heteroatoms. The van der Waals surface area contributed by atoms with Gasteiger partial charge in [-0.2, -0.15) is 0 Å². The van der Waals surface area contributed by atoms with Crippen LogP contribution in [0.1, 0.15) is 45.4 Å². The van der Waals surface area contributed by atoms with Crippen molar-refractivity contribution in [1.82, 2.24) is 4.90 Å². The smallest absolute Gasteiger partial charge is 0.00187 e. The van der Waals surface area contributed by atoms with E-state index in [9.17, 15) is 0 Å². The van der Waals surface area contributed by atoms with Crippen LogP contribution in [0.2, 0.25) is 0 Å². The van der Waals surface area contributed by atoms with Crippen molar-refractivity contribution in [2.75, 3.05) is 19.6 Å². The molecule has 0 saturated carbocycles. The van der Waals surface area contributed by atoms with Crippen LogP contribution < -0.4 is 0 Å². The van der Waals surface area contributed by atoms with Crippen molar-refractivity contribution in [1.29, 1.82) is 0 Å². The van der Waals surface area contributed by atoms with Gasteiger partial charge in [0, 0.05) is 0 Å². The number of nitrogens with zero attached hydrogens (tertiary/aromatic N) is 1. The average molecular weight is 155 g/mol. The summed E-state index contributed by atoms with van der Waals surface area (Å²) in [6, 6.07) is 0. The molecule has 1 aliphatic rings. The SMILES string of the molecule is CCCCCN1CCCCC1. The van der Waals surface area contributed by atoms with Crippen molar-refractivity contribution in [3.8, 4) is 0 Å². The average Bonchev–Trinajstić information content (AvgIpc) is 2.07. The number of hydrogen-bond acceptors (Lipinski definition) is 1. The summed E-state index contributed by atoms with van der Waals surface area (Å²) < 4.78 is 0. The number of likely N-dealkylation sites (tertiary alicyclic amines) is 1. The van der Waals surface area contributed by atoms with Crippen LogP contribution in [0.25, 0.3) is 0 Å². The molecule has 1 rings (SSSR count). The molecule has 0 aromatic rings.